The second-order valence-electron chi connectivity index (χ2n) is 8.95. The first-order valence-corrected chi connectivity index (χ1v) is 11.9. The summed E-state index contributed by atoms with van der Waals surface area (Å²) in [6, 6.07) is 9.10. The summed E-state index contributed by atoms with van der Waals surface area (Å²) in [5.41, 5.74) is 10.8. The van der Waals surface area contributed by atoms with Crippen LogP contribution in [-0.2, 0) is 28.7 Å². The average molecular weight is 540 g/mol. The van der Waals surface area contributed by atoms with Crippen molar-refractivity contribution in [3.05, 3.63) is 58.1 Å². The van der Waals surface area contributed by atoms with Crippen LogP contribution in [0.15, 0.2) is 36.4 Å². The van der Waals surface area contributed by atoms with Crippen LogP contribution >= 0.6 is 11.6 Å². The molecule has 13 heteroatoms. The molecule has 0 unspecified atom stereocenters. The molecular formula is C24H25ClF3N5O4. The van der Waals surface area contributed by atoms with Crippen LogP contribution in [0.25, 0.3) is 0 Å². The largest absolute Gasteiger partial charge is 0.436 e. The maximum atomic E-state index is 13.3. The van der Waals surface area contributed by atoms with Crippen LogP contribution in [0.5, 0.6) is 0 Å². The number of nitrogens with two attached hydrogens (primary N) is 2. The Labute approximate surface area is 215 Å². The number of benzene rings is 2. The maximum Gasteiger partial charge on any atom is 0.418 e. The second kappa shape index (κ2) is 10.4. The number of carbonyl (C=O) groups is 3. The fraction of sp³-hybridized carbons (Fsp3) is 0.375. The van der Waals surface area contributed by atoms with Crippen molar-refractivity contribution < 1.29 is 32.3 Å². The highest BCUT2D eigenvalue weighted by Gasteiger charge is 2.36. The number of fused-ring (bicyclic) bond motifs is 1. The Bertz CT molecular complexity index is 1220. The number of hydrogen-bond acceptors (Lipinski definition) is 5. The van der Waals surface area contributed by atoms with E-state index in [1.54, 1.807) is 4.90 Å². The standard InChI is InChI=1S/C24H25ClF3N5O4/c25-17-10-13(9-16(20(17)29)24(26,27)28)11-19(21(30)34)37-23(36)32-7-5-15(6-8-32)33-12-14-3-1-2-4-18(14)31-22(33)35/h1-4,9-10,15,19H,5-8,11-12,29H2,(H2,30,34)(H,31,35)/t19-/m1/s1. The van der Waals surface area contributed by atoms with Gasteiger partial charge in [-0.2, -0.15) is 13.2 Å². The molecule has 5 N–H and O–H groups in total. The van der Waals surface area contributed by atoms with Crippen molar-refractivity contribution in [1.82, 2.24) is 9.80 Å². The molecule has 2 aliphatic rings. The van der Waals surface area contributed by atoms with E-state index in [9.17, 15) is 27.6 Å². The molecule has 2 aromatic rings. The van der Waals surface area contributed by atoms with E-state index in [0.717, 1.165) is 17.3 Å². The molecule has 0 saturated carbocycles. The topological polar surface area (TPSA) is 131 Å². The van der Waals surface area contributed by atoms with Gasteiger partial charge in [0, 0.05) is 37.8 Å². The van der Waals surface area contributed by atoms with Gasteiger partial charge in [-0.05, 0) is 42.2 Å². The fourth-order valence-electron chi connectivity index (χ4n) is 4.51. The summed E-state index contributed by atoms with van der Waals surface area (Å²) < 4.78 is 45.1. The first-order chi connectivity index (χ1) is 17.4. The first kappa shape index (κ1) is 26.4. The summed E-state index contributed by atoms with van der Waals surface area (Å²) in [7, 11) is 0. The molecule has 37 heavy (non-hydrogen) atoms. The molecule has 1 fully saturated rings. The molecule has 0 aliphatic carbocycles. The van der Waals surface area contributed by atoms with E-state index in [0.29, 0.717) is 19.4 Å². The highest BCUT2D eigenvalue weighted by Crippen LogP contribution is 2.38. The molecule has 2 aromatic carbocycles. The lowest BCUT2D eigenvalue weighted by Gasteiger charge is -2.40. The zero-order valence-corrected chi connectivity index (χ0v) is 20.3. The monoisotopic (exact) mass is 539 g/mol. The number of nitrogen functional groups attached to an aromatic ring is 1. The maximum absolute atomic E-state index is 13.3. The third-order valence-electron chi connectivity index (χ3n) is 6.50. The third kappa shape index (κ3) is 5.85. The number of para-hydroxylation sites is 1. The van der Waals surface area contributed by atoms with Gasteiger partial charge in [0.05, 0.1) is 16.3 Å². The van der Waals surface area contributed by atoms with E-state index in [2.05, 4.69) is 5.32 Å². The molecule has 198 valence electrons. The number of piperidine rings is 1. The Balaban J connectivity index is 1.37. The Morgan fingerprint density at radius 1 is 1.19 bits per heavy atom. The summed E-state index contributed by atoms with van der Waals surface area (Å²) in [5, 5.41) is 2.52. The van der Waals surface area contributed by atoms with E-state index in [-0.39, 0.29) is 35.7 Å². The van der Waals surface area contributed by atoms with E-state index in [4.69, 9.17) is 27.8 Å². The molecule has 0 bridgehead atoms. The Hall–Kier alpha value is -3.67. The van der Waals surface area contributed by atoms with E-state index >= 15 is 0 Å². The fourth-order valence-corrected chi connectivity index (χ4v) is 4.76. The minimum Gasteiger partial charge on any atom is -0.436 e. The number of halogens is 4. The van der Waals surface area contributed by atoms with Crippen LogP contribution in [0, 0.1) is 0 Å². The highest BCUT2D eigenvalue weighted by molar-refractivity contribution is 6.33. The van der Waals surface area contributed by atoms with Crippen molar-refractivity contribution >= 4 is 41.0 Å². The van der Waals surface area contributed by atoms with Crippen LogP contribution in [0.2, 0.25) is 5.02 Å². The average Bonchev–Trinajstić information content (AvgIpc) is 2.84. The van der Waals surface area contributed by atoms with E-state index < -0.39 is 42.0 Å². The summed E-state index contributed by atoms with van der Waals surface area (Å²) in [6.45, 7) is 0.962. The lowest BCUT2D eigenvalue weighted by atomic mass is 10.0. The smallest absolute Gasteiger partial charge is 0.418 e. The van der Waals surface area contributed by atoms with Gasteiger partial charge in [0.2, 0.25) is 0 Å². The number of likely N-dealkylation sites (tertiary alicyclic amines) is 1. The SMILES string of the molecule is NC(=O)[C@@H](Cc1cc(Cl)c(N)c(C(F)(F)F)c1)OC(=O)N1CCC(N2Cc3ccccc3NC2=O)CC1. The summed E-state index contributed by atoms with van der Waals surface area (Å²) in [4.78, 5) is 40.3. The first-order valence-electron chi connectivity index (χ1n) is 11.5. The van der Waals surface area contributed by atoms with Crippen LogP contribution in [0.3, 0.4) is 0 Å². The number of carbonyl (C=O) groups excluding carboxylic acids is 3. The predicted molar refractivity (Wildman–Crippen MR) is 130 cm³/mol. The minimum absolute atomic E-state index is 0.0155. The third-order valence-corrected chi connectivity index (χ3v) is 6.81. The van der Waals surface area contributed by atoms with Crippen LogP contribution in [-0.4, -0.2) is 53.1 Å². The summed E-state index contributed by atoms with van der Waals surface area (Å²) in [6.07, 6.45) is -6.55. The number of hydrogen-bond donors (Lipinski definition) is 3. The molecule has 0 spiro atoms. The predicted octanol–water partition coefficient (Wildman–Crippen LogP) is 3.99. The van der Waals surface area contributed by atoms with E-state index in [1.807, 2.05) is 24.3 Å². The van der Waals surface area contributed by atoms with Gasteiger partial charge in [-0.25, -0.2) is 9.59 Å². The molecule has 2 heterocycles. The van der Waals surface area contributed by atoms with Gasteiger partial charge in [-0.15, -0.1) is 0 Å². The quantitative estimate of drug-likeness (QED) is 0.495. The van der Waals surface area contributed by atoms with Crippen LogP contribution in [0.1, 0.15) is 29.5 Å². The van der Waals surface area contributed by atoms with Gasteiger partial charge >= 0.3 is 18.3 Å². The molecule has 4 rings (SSSR count). The number of nitrogens with zero attached hydrogens (tertiary/aromatic N) is 2. The van der Waals surface area contributed by atoms with Gasteiger partial charge in [-0.1, -0.05) is 29.8 Å². The Morgan fingerprint density at radius 3 is 2.51 bits per heavy atom. The molecule has 0 radical (unpaired) electrons. The number of nitrogens with one attached hydrogen (secondary N) is 1. The van der Waals surface area contributed by atoms with Crippen molar-refractivity contribution in [2.24, 2.45) is 5.73 Å². The Morgan fingerprint density at radius 2 is 1.86 bits per heavy atom. The van der Waals surface area contributed by atoms with Gasteiger partial charge in [0.25, 0.3) is 5.91 Å². The number of primary amides is 1. The molecule has 9 nitrogen and oxygen atoms in total. The highest BCUT2D eigenvalue weighted by atomic mass is 35.5. The second-order valence-corrected chi connectivity index (χ2v) is 9.36. The summed E-state index contributed by atoms with van der Waals surface area (Å²) in [5.74, 6) is -1.02. The summed E-state index contributed by atoms with van der Waals surface area (Å²) >= 11 is 5.84. The number of anilines is 2. The van der Waals surface area contributed by atoms with Crippen molar-refractivity contribution in [3.63, 3.8) is 0 Å². The molecule has 0 aromatic heterocycles. The van der Waals surface area contributed by atoms with E-state index in [1.165, 1.54) is 11.0 Å². The number of amides is 4. The Kier molecular flexibility index (Phi) is 7.39. The lowest BCUT2D eigenvalue weighted by Crippen LogP contribution is -2.51. The van der Waals surface area contributed by atoms with Crippen molar-refractivity contribution in [3.8, 4) is 0 Å². The zero-order valence-electron chi connectivity index (χ0n) is 19.6. The van der Waals surface area contributed by atoms with Gasteiger partial charge in [0.15, 0.2) is 6.10 Å². The molecule has 2 aliphatic heterocycles. The molecule has 4 amide bonds. The number of urea groups is 1. The molecule has 1 saturated heterocycles. The van der Waals surface area contributed by atoms with Crippen LogP contribution in [0.4, 0.5) is 34.1 Å². The van der Waals surface area contributed by atoms with Crippen molar-refractivity contribution in [2.75, 3.05) is 24.1 Å². The lowest BCUT2D eigenvalue weighted by molar-refractivity contribution is -0.137. The van der Waals surface area contributed by atoms with Crippen LogP contribution < -0.4 is 16.8 Å². The minimum atomic E-state index is -4.76. The normalized spacial score (nSPS) is 17.1. The van der Waals surface area contributed by atoms with Crippen molar-refractivity contribution in [1.29, 1.82) is 0 Å². The van der Waals surface area contributed by atoms with Gasteiger partial charge in [0.1, 0.15) is 0 Å². The zero-order chi connectivity index (χ0) is 26.9. The number of rotatable bonds is 5. The number of alkyl halides is 3. The number of ether oxygens (including phenoxy) is 1. The van der Waals surface area contributed by atoms with Gasteiger partial charge in [-0.3, -0.25) is 4.79 Å². The molecule has 1 atom stereocenters. The van der Waals surface area contributed by atoms with Crippen molar-refractivity contribution in [2.45, 2.75) is 44.1 Å². The molecular weight excluding hydrogens is 515 g/mol. The van der Waals surface area contributed by atoms with Gasteiger partial charge < -0.3 is 31.3 Å².